The Morgan fingerprint density at radius 2 is 2.19 bits per heavy atom. The molecule has 1 aliphatic heterocycles. The van der Waals surface area contributed by atoms with Gasteiger partial charge in [0.05, 0.1) is 11.8 Å². The van der Waals surface area contributed by atoms with Crippen molar-refractivity contribution in [3.63, 3.8) is 0 Å². The van der Waals surface area contributed by atoms with Gasteiger partial charge >= 0.3 is 5.97 Å². The lowest BCUT2D eigenvalue weighted by Gasteiger charge is -2.39. The monoisotopic (exact) mass is 307 g/mol. The Balaban J connectivity index is 1.74. The Morgan fingerprint density at radius 1 is 1.38 bits per heavy atom. The van der Waals surface area contributed by atoms with Crippen LogP contribution in [0.4, 0.5) is 0 Å². The number of thiophene rings is 1. The lowest BCUT2D eigenvalue weighted by atomic mass is 9.84. The van der Waals surface area contributed by atoms with Crippen LogP contribution in [-0.2, 0) is 16.0 Å². The van der Waals surface area contributed by atoms with E-state index in [1.807, 2.05) is 11.8 Å². The zero-order valence-corrected chi connectivity index (χ0v) is 13.1. The van der Waals surface area contributed by atoms with Crippen molar-refractivity contribution in [3.05, 3.63) is 21.9 Å². The second-order valence-electron chi connectivity index (χ2n) is 6.18. The number of rotatable bonds is 2. The molecule has 0 bridgehead atoms. The lowest BCUT2D eigenvalue weighted by molar-refractivity contribution is -0.148. The molecule has 4 nitrogen and oxygen atoms in total. The zero-order valence-electron chi connectivity index (χ0n) is 12.2. The third-order valence-electron chi connectivity index (χ3n) is 4.86. The molecule has 1 aliphatic carbocycles. The van der Waals surface area contributed by atoms with E-state index in [2.05, 4.69) is 11.4 Å². The molecule has 0 aromatic carbocycles. The van der Waals surface area contributed by atoms with Crippen molar-refractivity contribution in [2.24, 2.45) is 5.92 Å². The maximum absolute atomic E-state index is 12.9. The van der Waals surface area contributed by atoms with E-state index in [4.69, 9.17) is 5.11 Å². The molecule has 1 aromatic rings. The van der Waals surface area contributed by atoms with Gasteiger partial charge in [-0.2, -0.15) is 0 Å². The number of aliphatic carboxylic acids is 1. The minimum absolute atomic E-state index is 0.0103. The molecule has 1 aromatic heterocycles. The fraction of sp³-hybridized carbons (Fsp3) is 0.625. The first kappa shape index (κ1) is 14.6. The first-order valence-electron chi connectivity index (χ1n) is 7.67. The summed E-state index contributed by atoms with van der Waals surface area (Å²) in [5.41, 5.74) is 1.21. The Bertz CT molecular complexity index is 553. The number of aryl methyl sites for hydroxylation is 1. The van der Waals surface area contributed by atoms with Gasteiger partial charge in [-0.15, -0.1) is 11.3 Å². The molecule has 3 unspecified atom stereocenters. The van der Waals surface area contributed by atoms with E-state index in [9.17, 15) is 9.59 Å². The molecular weight excluding hydrogens is 286 g/mol. The maximum Gasteiger partial charge on any atom is 0.306 e. The van der Waals surface area contributed by atoms with Gasteiger partial charge < -0.3 is 10.0 Å². The van der Waals surface area contributed by atoms with Crippen LogP contribution in [0, 0.1) is 5.92 Å². The summed E-state index contributed by atoms with van der Waals surface area (Å²) in [6.07, 6.45) is 4.24. The van der Waals surface area contributed by atoms with Gasteiger partial charge in [0.1, 0.15) is 0 Å². The summed E-state index contributed by atoms with van der Waals surface area (Å²) < 4.78 is 0. The fourth-order valence-electron chi connectivity index (χ4n) is 3.67. The fourth-order valence-corrected chi connectivity index (χ4v) is 4.65. The van der Waals surface area contributed by atoms with Gasteiger partial charge in [-0.1, -0.05) is 0 Å². The van der Waals surface area contributed by atoms with Crippen LogP contribution >= 0.6 is 11.3 Å². The summed E-state index contributed by atoms with van der Waals surface area (Å²) >= 11 is 1.75. The number of carbonyl (C=O) groups is 2. The van der Waals surface area contributed by atoms with Crippen LogP contribution in [0.25, 0.3) is 0 Å². The summed E-state index contributed by atoms with van der Waals surface area (Å²) in [4.78, 5) is 27.3. The van der Waals surface area contributed by atoms with Gasteiger partial charge in [0, 0.05) is 17.5 Å². The number of hydrogen-bond donors (Lipinski definition) is 1. The highest BCUT2D eigenvalue weighted by Gasteiger charge is 2.37. The van der Waals surface area contributed by atoms with E-state index < -0.39 is 5.97 Å². The van der Waals surface area contributed by atoms with Crippen LogP contribution < -0.4 is 0 Å². The van der Waals surface area contributed by atoms with E-state index in [-0.39, 0.29) is 23.8 Å². The smallest absolute Gasteiger partial charge is 0.306 e. The summed E-state index contributed by atoms with van der Waals surface area (Å²) in [7, 11) is 0. The van der Waals surface area contributed by atoms with Crippen LogP contribution in [0.15, 0.2) is 11.4 Å². The summed E-state index contributed by atoms with van der Waals surface area (Å²) in [6, 6.07) is 2.12. The Hall–Kier alpha value is -1.36. The molecule has 1 N–H and O–H groups in total. The van der Waals surface area contributed by atoms with Crippen LogP contribution in [-0.4, -0.2) is 34.5 Å². The van der Waals surface area contributed by atoms with Crippen LogP contribution in [0.2, 0.25) is 0 Å². The van der Waals surface area contributed by atoms with Crippen molar-refractivity contribution in [2.75, 3.05) is 6.54 Å². The first-order chi connectivity index (χ1) is 10.1. The molecule has 5 heteroatoms. The van der Waals surface area contributed by atoms with Crippen molar-refractivity contribution < 1.29 is 14.7 Å². The Morgan fingerprint density at radius 3 is 2.90 bits per heavy atom. The predicted octanol–water partition coefficient (Wildman–Crippen LogP) is 2.88. The number of nitrogens with zero attached hydrogens (tertiary/aromatic N) is 1. The number of likely N-dealkylation sites (tertiary alicyclic amines) is 1. The topological polar surface area (TPSA) is 57.6 Å². The number of carboxylic acid groups (broad SMARTS) is 1. The minimum atomic E-state index is -0.730. The SMILES string of the molecule is CC1CC(C(=O)O)CCN1C(=O)C1CCCc2sccc21. The van der Waals surface area contributed by atoms with Gasteiger partial charge in [-0.25, -0.2) is 0 Å². The molecule has 3 rings (SSSR count). The molecule has 1 saturated heterocycles. The number of carbonyl (C=O) groups excluding carboxylic acids is 1. The highest BCUT2D eigenvalue weighted by atomic mass is 32.1. The van der Waals surface area contributed by atoms with E-state index in [0.29, 0.717) is 19.4 Å². The normalized spacial score (nSPS) is 29.0. The van der Waals surface area contributed by atoms with E-state index >= 15 is 0 Å². The van der Waals surface area contributed by atoms with Crippen molar-refractivity contribution >= 4 is 23.2 Å². The van der Waals surface area contributed by atoms with Gasteiger partial charge in [0.25, 0.3) is 0 Å². The second kappa shape index (κ2) is 5.79. The molecule has 114 valence electrons. The number of amides is 1. The molecule has 2 heterocycles. The van der Waals surface area contributed by atoms with Crippen molar-refractivity contribution in [3.8, 4) is 0 Å². The minimum Gasteiger partial charge on any atom is -0.481 e. The summed E-state index contributed by atoms with van der Waals surface area (Å²) in [5.74, 6) is -0.839. The standard InChI is InChI=1S/C16H21NO3S/c1-10-9-11(16(19)20)5-7-17(10)15(18)13-3-2-4-14-12(13)6-8-21-14/h6,8,10-11,13H,2-5,7,9H2,1H3,(H,19,20). The van der Waals surface area contributed by atoms with Crippen LogP contribution in [0.3, 0.4) is 0 Å². The molecule has 2 aliphatic rings. The number of hydrogen-bond acceptors (Lipinski definition) is 3. The molecule has 1 amide bonds. The third kappa shape index (κ3) is 2.71. The van der Waals surface area contributed by atoms with Crippen molar-refractivity contribution in [2.45, 2.75) is 51.0 Å². The van der Waals surface area contributed by atoms with Crippen LogP contribution in [0.5, 0.6) is 0 Å². The number of piperidine rings is 1. The van der Waals surface area contributed by atoms with Gasteiger partial charge in [0.15, 0.2) is 0 Å². The first-order valence-corrected chi connectivity index (χ1v) is 8.55. The largest absolute Gasteiger partial charge is 0.481 e. The Labute approximate surface area is 128 Å². The zero-order chi connectivity index (χ0) is 15.0. The summed E-state index contributed by atoms with van der Waals surface area (Å²) in [5, 5.41) is 11.2. The molecule has 0 radical (unpaired) electrons. The average molecular weight is 307 g/mol. The molecule has 1 fully saturated rings. The second-order valence-corrected chi connectivity index (χ2v) is 7.18. The molecule has 0 spiro atoms. The quantitative estimate of drug-likeness (QED) is 0.914. The van der Waals surface area contributed by atoms with Crippen LogP contribution in [0.1, 0.15) is 49.0 Å². The molecule has 3 atom stereocenters. The predicted molar refractivity (Wildman–Crippen MR) is 81.5 cm³/mol. The molecule has 0 saturated carbocycles. The van der Waals surface area contributed by atoms with Crippen molar-refractivity contribution in [1.29, 1.82) is 0 Å². The van der Waals surface area contributed by atoms with E-state index in [1.165, 1.54) is 10.4 Å². The van der Waals surface area contributed by atoms with Crippen molar-refractivity contribution in [1.82, 2.24) is 4.90 Å². The van der Waals surface area contributed by atoms with E-state index in [1.54, 1.807) is 11.3 Å². The Kier molecular flexibility index (Phi) is 4.02. The lowest BCUT2D eigenvalue weighted by Crippen LogP contribution is -2.48. The maximum atomic E-state index is 12.9. The highest BCUT2D eigenvalue weighted by Crippen LogP contribution is 2.37. The van der Waals surface area contributed by atoms with Gasteiger partial charge in [-0.3, -0.25) is 9.59 Å². The van der Waals surface area contributed by atoms with Gasteiger partial charge in [-0.05, 0) is 56.0 Å². The third-order valence-corrected chi connectivity index (χ3v) is 5.86. The number of carboxylic acids is 1. The summed E-state index contributed by atoms with van der Waals surface area (Å²) in [6.45, 7) is 2.55. The molecule has 21 heavy (non-hydrogen) atoms. The van der Waals surface area contributed by atoms with Gasteiger partial charge in [0.2, 0.25) is 5.91 Å². The van der Waals surface area contributed by atoms with E-state index in [0.717, 1.165) is 19.3 Å². The molecular formula is C16H21NO3S. The average Bonchev–Trinajstić information content (AvgIpc) is 2.94. The highest BCUT2D eigenvalue weighted by molar-refractivity contribution is 7.10. The number of fused-ring (bicyclic) bond motifs is 1.